The number of rotatable bonds is 3. The van der Waals surface area contributed by atoms with Crippen molar-refractivity contribution in [3.8, 4) is 0 Å². The molecule has 1 heterocycles. The van der Waals surface area contributed by atoms with Gasteiger partial charge in [0, 0.05) is 17.8 Å². The second kappa shape index (κ2) is 5.64. The molecule has 2 atom stereocenters. The van der Waals surface area contributed by atoms with Crippen LogP contribution in [0, 0.1) is 0 Å². The van der Waals surface area contributed by atoms with Crippen molar-refractivity contribution in [1.82, 2.24) is 0 Å². The first-order chi connectivity index (χ1) is 9.38. The van der Waals surface area contributed by atoms with Crippen molar-refractivity contribution >= 4 is 17.3 Å². The van der Waals surface area contributed by atoms with E-state index in [1.165, 1.54) is 11.3 Å². The molecular weight excluding hydrogens is 258 g/mol. The van der Waals surface area contributed by atoms with Crippen molar-refractivity contribution in [1.29, 1.82) is 0 Å². The molecule has 3 heteroatoms. The zero-order valence-corrected chi connectivity index (χ0v) is 11.3. The quantitative estimate of drug-likeness (QED) is 0.788. The molecule has 3 rings (SSSR count). The Morgan fingerprint density at radius 2 is 1.63 bits per heavy atom. The maximum atomic E-state index is 6.06. The van der Waals surface area contributed by atoms with E-state index in [2.05, 4.69) is 29.2 Å². The fourth-order valence-electron chi connectivity index (χ4n) is 2.44. The van der Waals surface area contributed by atoms with E-state index in [0.29, 0.717) is 5.88 Å². The Labute approximate surface area is 118 Å². The monoisotopic (exact) mass is 273 g/mol. The van der Waals surface area contributed by atoms with Crippen molar-refractivity contribution in [3.63, 3.8) is 0 Å². The molecule has 1 aliphatic heterocycles. The maximum absolute atomic E-state index is 6.06. The van der Waals surface area contributed by atoms with Crippen molar-refractivity contribution < 1.29 is 4.74 Å². The van der Waals surface area contributed by atoms with Crippen molar-refractivity contribution in [2.24, 2.45) is 0 Å². The maximum Gasteiger partial charge on any atom is 0.157 e. The number of alkyl halides is 1. The molecule has 2 aromatic rings. The van der Waals surface area contributed by atoms with Gasteiger partial charge < -0.3 is 9.64 Å². The summed E-state index contributed by atoms with van der Waals surface area (Å²) in [7, 11) is 0. The third-order valence-corrected chi connectivity index (χ3v) is 3.69. The summed E-state index contributed by atoms with van der Waals surface area (Å²) in [5.74, 6) is 0.521. The zero-order valence-electron chi connectivity index (χ0n) is 10.6. The largest absolute Gasteiger partial charge is 0.348 e. The molecule has 2 nitrogen and oxygen atoms in total. The lowest BCUT2D eigenvalue weighted by Crippen LogP contribution is -2.24. The lowest BCUT2D eigenvalue weighted by Gasteiger charge is -2.25. The smallest absolute Gasteiger partial charge is 0.157 e. The van der Waals surface area contributed by atoms with Gasteiger partial charge >= 0.3 is 0 Å². The molecule has 19 heavy (non-hydrogen) atoms. The summed E-state index contributed by atoms with van der Waals surface area (Å²) in [6.07, 6.45) is 0.0272. The van der Waals surface area contributed by atoms with Crippen LogP contribution in [0.5, 0.6) is 0 Å². The van der Waals surface area contributed by atoms with Crippen LogP contribution in [-0.2, 0) is 4.74 Å². The molecule has 0 unspecified atom stereocenters. The third kappa shape index (κ3) is 2.60. The molecule has 0 radical (unpaired) electrons. The van der Waals surface area contributed by atoms with Gasteiger partial charge in [0.2, 0.25) is 0 Å². The highest BCUT2D eigenvalue weighted by Gasteiger charge is 2.33. The van der Waals surface area contributed by atoms with Crippen molar-refractivity contribution in [3.05, 3.63) is 66.2 Å². The average molecular weight is 274 g/mol. The lowest BCUT2D eigenvalue weighted by atomic mass is 10.1. The molecule has 0 saturated carbocycles. The minimum absolute atomic E-state index is 0.0488. The Kier molecular flexibility index (Phi) is 3.72. The van der Waals surface area contributed by atoms with Crippen LogP contribution in [0.3, 0.4) is 0 Å². The highest BCUT2D eigenvalue weighted by atomic mass is 35.5. The van der Waals surface area contributed by atoms with E-state index < -0.39 is 0 Å². The van der Waals surface area contributed by atoms with Crippen LogP contribution in [0.15, 0.2) is 60.7 Å². The van der Waals surface area contributed by atoms with Crippen LogP contribution in [0.4, 0.5) is 5.69 Å². The highest BCUT2D eigenvalue weighted by molar-refractivity contribution is 6.18. The van der Waals surface area contributed by atoms with Crippen LogP contribution in [-0.4, -0.2) is 18.5 Å². The van der Waals surface area contributed by atoms with Gasteiger partial charge in [-0.3, -0.25) is 0 Å². The van der Waals surface area contributed by atoms with E-state index in [1.54, 1.807) is 0 Å². The summed E-state index contributed by atoms with van der Waals surface area (Å²) in [6, 6.07) is 20.6. The van der Waals surface area contributed by atoms with Gasteiger partial charge in [0.15, 0.2) is 6.23 Å². The van der Waals surface area contributed by atoms with Crippen LogP contribution >= 0.6 is 11.6 Å². The third-order valence-electron chi connectivity index (χ3n) is 3.35. The lowest BCUT2D eigenvalue weighted by molar-refractivity contribution is 0.0606. The standard InChI is InChI=1S/C16H16ClNO/c17-11-15-12-18(14-9-5-2-6-10-14)16(19-15)13-7-3-1-4-8-13/h1-10,15-16H,11-12H2/t15-,16+/m1/s1. The summed E-state index contributed by atoms with van der Waals surface area (Å²) in [6.45, 7) is 0.826. The van der Waals surface area contributed by atoms with E-state index in [1.807, 2.05) is 36.4 Å². The predicted octanol–water partition coefficient (Wildman–Crippen LogP) is 3.83. The number of halogens is 1. The summed E-state index contributed by atoms with van der Waals surface area (Å²) in [5.41, 5.74) is 2.34. The SMILES string of the molecule is ClC[C@@H]1CN(c2ccccc2)[C@H](c2ccccc2)O1. The Bertz CT molecular complexity index is 469. The number of hydrogen-bond acceptors (Lipinski definition) is 2. The van der Waals surface area contributed by atoms with Gasteiger partial charge in [-0.25, -0.2) is 0 Å². The number of anilines is 1. The molecule has 0 aliphatic carbocycles. The van der Waals surface area contributed by atoms with Gasteiger partial charge in [0.1, 0.15) is 0 Å². The van der Waals surface area contributed by atoms with E-state index in [-0.39, 0.29) is 12.3 Å². The van der Waals surface area contributed by atoms with Crippen LogP contribution in [0.1, 0.15) is 11.8 Å². The Hall–Kier alpha value is -1.51. The first-order valence-corrected chi connectivity index (χ1v) is 7.00. The number of ether oxygens (including phenoxy) is 1. The van der Waals surface area contributed by atoms with Crippen LogP contribution < -0.4 is 4.90 Å². The Morgan fingerprint density at radius 1 is 1.00 bits per heavy atom. The van der Waals surface area contributed by atoms with Gasteiger partial charge in [-0.05, 0) is 12.1 Å². The van der Waals surface area contributed by atoms with Crippen LogP contribution in [0.2, 0.25) is 0 Å². The summed E-state index contributed by atoms with van der Waals surface area (Å²) in [5, 5.41) is 0. The summed E-state index contributed by atoms with van der Waals surface area (Å²) < 4.78 is 6.06. The molecule has 0 bridgehead atoms. The molecule has 1 aliphatic rings. The van der Waals surface area contributed by atoms with Crippen molar-refractivity contribution in [2.75, 3.05) is 17.3 Å². The predicted molar refractivity (Wildman–Crippen MR) is 78.6 cm³/mol. The van der Waals surface area contributed by atoms with Crippen LogP contribution in [0.25, 0.3) is 0 Å². The van der Waals surface area contributed by atoms with E-state index in [4.69, 9.17) is 16.3 Å². The van der Waals surface area contributed by atoms with Gasteiger partial charge in [0.05, 0.1) is 12.0 Å². The number of nitrogens with zero attached hydrogens (tertiary/aromatic N) is 1. The minimum Gasteiger partial charge on any atom is -0.348 e. The molecule has 1 saturated heterocycles. The average Bonchev–Trinajstić information content (AvgIpc) is 2.93. The fourth-order valence-corrected chi connectivity index (χ4v) is 2.61. The first kappa shape index (κ1) is 12.5. The topological polar surface area (TPSA) is 12.5 Å². The molecule has 1 fully saturated rings. The molecule has 0 aromatic heterocycles. The molecule has 0 spiro atoms. The molecule has 0 amide bonds. The molecular formula is C16H16ClNO. The molecule has 2 aromatic carbocycles. The van der Waals surface area contributed by atoms with Gasteiger partial charge in [-0.2, -0.15) is 0 Å². The second-order valence-electron chi connectivity index (χ2n) is 4.66. The Morgan fingerprint density at radius 3 is 2.26 bits per heavy atom. The molecule has 0 N–H and O–H groups in total. The van der Waals surface area contributed by atoms with Gasteiger partial charge in [-0.1, -0.05) is 48.5 Å². The number of benzene rings is 2. The normalized spacial score (nSPS) is 22.7. The summed E-state index contributed by atoms with van der Waals surface area (Å²) >= 11 is 5.96. The first-order valence-electron chi connectivity index (χ1n) is 6.46. The second-order valence-corrected chi connectivity index (χ2v) is 4.97. The number of para-hydroxylation sites is 1. The van der Waals surface area contributed by atoms with E-state index >= 15 is 0 Å². The van der Waals surface area contributed by atoms with Gasteiger partial charge in [-0.15, -0.1) is 11.6 Å². The number of hydrogen-bond donors (Lipinski definition) is 0. The Balaban J connectivity index is 1.92. The highest BCUT2D eigenvalue weighted by Crippen LogP contribution is 2.34. The molecule has 98 valence electrons. The minimum atomic E-state index is -0.0488. The van der Waals surface area contributed by atoms with E-state index in [9.17, 15) is 0 Å². The van der Waals surface area contributed by atoms with E-state index in [0.717, 1.165) is 6.54 Å². The van der Waals surface area contributed by atoms with Gasteiger partial charge in [0.25, 0.3) is 0 Å². The summed E-state index contributed by atoms with van der Waals surface area (Å²) in [4.78, 5) is 2.27. The fraction of sp³-hybridized carbons (Fsp3) is 0.250. The zero-order chi connectivity index (χ0) is 13.1. The van der Waals surface area contributed by atoms with Crippen molar-refractivity contribution in [2.45, 2.75) is 12.3 Å².